The smallest absolute Gasteiger partial charge is 0.416 e. The number of hydrogen-bond donors (Lipinski definition) is 3. The van der Waals surface area contributed by atoms with Crippen LogP contribution in [0.1, 0.15) is 19.4 Å². The van der Waals surface area contributed by atoms with Crippen LogP contribution in [-0.2, 0) is 11.0 Å². The molecule has 2 aromatic heterocycles. The Bertz CT molecular complexity index is 1490. The molecule has 1 aliphatic heterocycles. The molecule has 4 aromatic rings. The monoisotopic (exact) mass is 514 g/mol. The number of amides is 1. The van der Waals surface area contributed by atoms with Crippen molar-refractivity contribution in [2.24, 2.45) is 0 Å². The number of benzene rings is 2. The van der Waals surface area contributed by atoms with E-state index in [-0.39, 0.29) is 34.8 Å². The molecule has 1 aliphatic rings. The van der Waals surface area contributed by atoms with E-state index in [9.17, 15) is 22.4 Å². The van der Waals surface area contributed by atoms with Gasteiger partial charge in [0, 0.05) is 16.9 Å². The van der Waals surface area contributed by atoms with E-state index in [1.165, 1.54) is 24.6 Å². The minimum Gasteiger partial charge on any atom is -0.476 e. The summed E-state index contributed by atoms with van der Waals surface area (Å²) >= 11 is 0. The average molecular weight is 514 g/mol. The van der Waals surface area contributed by atoms with Crippen molar-refractivity contribution in [2.45, 2.75) is 25.6 Å². The molecule has 0 saturated carbocycles. The first-order valence-electron chi connectivity index (χ1n) is 10.8. The summed E-state index contributed by atoms with van der Waals surface area (Å²) in [7, 11) is 0. The maximum atomic E-state index is 14.5. The lowest BCUT2D eigenvalue weighted by Crippen LogP contribution is -2.45. The standard InChI is InChI=1S/C24H18F4N6O3/c1-23(2)21(35)33-17-10-14(3-4-18(17)37-23)31-19-16(25)11-30-22(34-19)32-15-8-12(20-29-5-6-36-20)7-13(9-15)24(26,27)28/h3-11H,1-2H3,(H,33,35)(H2,30,31,32,34). The fourth-order valence-corrected chi connectivity index (χ4v) is 3.52. The van der Waals surface area contributed by atoms with Crippen molar-refractivity contribution in [1.82, 2.24) is 15.0 Å². The number of anilines is 5. The molecular formula is C24H18F4N6O3. The van der Waals surface area contributed by atoms with Crippen LogP contribution < -0.4 is 20.7 Å². The number of aromatic nitrogens is 3. The zero-order valence-corrected chi connectivity index (χ0v) is 19.3. The van der Waals surface area contributed by atoms with E-state index < -0.39 is 23.2 Å². The van der Waals surface area contributed by atoms with Gasteiger partial charge in [0.15, 0.2) is 17.2 Å². The SMILES string of the molecule is CC1(C)Oc2ccc(Nc3nc(Nc4cc(-c5ncco5)cc(C(F)(F)F)c4)ncc3F)cc2NC1=O. The Hall–Kier alpha value is -4.68. The van der Waals surface area contributed by atoms with Gasteiger partial charge in [-0.1, -0.05) is 0 Å². The van der Waals surface area contributed by atoms with Gasteiger partial charge in [-0.2, -0.15) is 18.2 Å². The van der Waals surface area contributed by atoms with Crippen molar-refractivity contribution in [3.8, 4) is 17.2 Å². The number of fused-ring (bicyclic) bond motifs is 1. The van der Waals surface area contributed by atoms with Gasteiger partial charge < -0.3 is 25.1 Å². The summed E-state index contributed by atoms with van der Waals surface area (Å²) in [5.74, 6) is -1.15. The van der Waals surface area contributed by atoms with Crippen LogP contribution >= 0.6 is 0 Å². The molecule has 0 spiro atoms. The van der Waals surface area contributed by atoms with Crippen LogP contribution in [0, 0.1) is 5.82 Å². The largest absolute Gasteiger partial charge is 0.476 e. The summed E-state index contributed by atoms with van der Waals surface area (Å²) in [5, 5.41) is 8.16. The first-order chi connectivity index (χ1) is 17.5. The molecule has 3 heterocycles. The zero-order valence-electron chi connectivity index (χ0n) is 19.3. The summed E-state index contributed by atoms with van der Waals surface area (Å²) in [6, 6.07) is 7.86. The number of halogens is 4. The van der Waals surface area contributed by atoms with Gasteiger partial charge in [-0.3, -0.25) is 4.79 Å². The number of ether oxygens (including phenoxy) is 1. The molecule has 0 fully saturated rings. The Morgan fingerprint density at radius 1 is 1.03 bits per heavy atom. The molecule has 190 valence electrons. The Balaban J connectivity index is 1.42. The number of nitrogens with zero attached hydrogens (tertiary/aromatic N) is 3. The third-order valence-corrected chi connectivity index (χ3v) is 5.34. The predicted molar refractivity (Wildman–Crippen MR) is 125 cm³/mol. The van der Waals surface area contributed by atoms with E-state index in [2.05, 4.69) is 30.9 Å². The molecule has 13 heteroatoms. The van der Waals surface area contributed by atoms with Crippen LogP contribution in [0.4, 0.5) is 46.4 Å². The molecule has 1 amide bonds. The molecule has 0 unspecified atom stereocenters. The van der Waals surface area contributed by atoms with Gasteiger partial charge in [-0.05, 0) is 50.2 Å². The Labute approximate surface area is 206 Å². The normalized spacial score (nSPS) is 14.4. The third-order valence-electron chi connectivity index (χ3n) is 5.34. The van der Waals surface area contributed by atoms with E-state index in [4.69, 9.17) is 9.15 Å². The first-order valence-corrected chi connectivity index (χ1v) is 10.8. The van der Waals surface area contributed by atoms with E-state index in [0.29, 0.717) is 17.1 Å². The van der Waals surface area contributed by atoms with Crippen LogP contribution in [0.15, 0.2) is 59.5 Å². The van der Waals surface area contributed by atoms with E-state index >= 15 is 0 Å². The third kappa shape index (κ3) is 5.01. The Morgan fingerprint density at radius 3 is 2.57 bits per heavy atom. The maximum Gasteiger partial charge on any atom is 0.416 e. The Kier molecular flexibility index (Phi) is 5.69. The highest BCUT2D eigenvalue weighted by atomic mass is 19.4. The van der Waals surface area contributed by atoms with Gasteiger partial charge in [0.2, 0.25) is 11.8 Å². The topological polar surface area (TPSA) is 114 Å². The zero-order chi connectivity index (χ0) is 26.4. The molecule has 2 aromatic carbocycles. The second-order valence-corrected chi connectivity index (χ2v) is 8.55. The second kappa shape index (κ2) is 8.76. The van der Waals surface area contributed by atoms with Gasteiger partial charge in [-0.25, -0.2) is 14.4 Å². The summed E-state index contributed by atoms with van der Waals surface area (Å²) in [6.45, 7) is 3.25. The molecule has 0 saturated heterocycles. The molecule has 5 rings (SSSR count). The highest BCUT2D eigenvalue weighted by Crippen LogP contribution is 2.37. The van der Waals surface area contributed by atoms with Crippen LogP contribution in [0.2, 0.25) is 0 Å². The summed E-state index contributed by atoms with van der Waals surface area (Å²) in [5.41, 5.74) is -1.19. The van der Waals surface area contributed by atoms with Crippen LogP contribution in [0.25, 0.3) is 11.5 Å². The van der Waals surface area contributed by atoms with Crippen molar-refractivity contribution in [3.05, 3.63) is 66.4 Å². The highest BCUT2D eigenvalue weighted by Gasteiger charge is 2.35. The van der Waals surface area contributed by atoms with Crippen molar-refractivity contribution < 1.29 is 31.5 Å². The summed E-state index contributed by atoms with van der Waals surface area (Å²) in [4.78, 5) is 23.9. The molecular weight excluding hydrogens is 496 g/mol. The molecule has 37 heavy (non-hydrogen) atoms. The molecule has 3 N–H and O–H groups in total. The maximum absolute atomic E-state index is 14.5. The molecule has 0 aliphatic carbocycles. The van der Waals surface area contributed by atoms with Crippen molar-refractivity contribution in [2.75, 3.05) is 16.0 Å². The van der Waals surface area contributed by atoms with Gasteiger partial charge in [0.1, 0.15) is 12.0 Å². The quantitative estimate of drug-likeness (QED) is 0.283. The first kappa shape index (κ1) is 24.0. The number of carbonyl (C=O) groups is 1. The van der Waals surface area contributed by atoms with Crippen LogP contribution in [-0.4, -0.2) is 26.5 Å². The average Bonchev–Trinajstić information content (AvgIpc) is 3.36. The summed E-state index contributed by atoms with van der Waals surface area (Å²) in [6.07, 6.45) is -1.23. The van der Waals surface area contributed by atoms with E-state index in [1.807, 2.05) is 0 Å². The van der Waals surface area contributed by atoms with Gasteiger partial charge in [-0.15, -0.1) is 0 Å². The van der Waals surface area contributed by atoms with Crippen LogP contribution in [0.5, 0.6) is 5.75 Å². The van der Waals surface area contributed by atoms with Crippen molar-refractivity contribution in [1.29, 1.82) is 0 Å². The summed E-state index contributed by atoms with van der Waals surface area (Å²) < 4.78 is 65.7. The van der Waals surface area contributed by atoms with Gasteiger partial charge in [0.25, 0.3) is 5.91 Å². The highest BCUT2D eigenvalue weighted by molar-refractivity contribution is 6.00. The van der Waals surface area contributed by atoms with E-state index in [1.54, 1.807) is 26.0 Å². The fourth-order valence-electron chi connectivity index (χ4n) is 3.52. The number of oxazole rings is 1. The minimum absolute atomic E-state index is 0.0107. The molecule has 0 bridgehead atoms. The van der Waals surface area contributed by atoms with Crippen molar-refractivity contribution >= 4 is 34.7 Å². The molecule has 9 nitrogen and oxygen atoms in total. The lowest BCUT2D eigenvalue weighted by atomic mass is 10.1. The number of alkyl halides is 3. The predicted octanol–water partition coefficient (Wildman–Crippen LogP) is 5.89. The van der Waals surface area contributed by atoms with Crippen LogP contribution in [0.3, 0.4) is 0 Å². The minimum atomic E-state index is -4.64. The fraction of sp³-hybridized carbons (Fsp3) is 0.167. The van der Waals surface area contributed by atoms with Gasteiger partial charge in [0.05, 0.1) is 23.6 Å². The van der Waals surface area contributed by atoms with E-state index in [0.717, 1.165) is 18.3 Å². The van der Waals surface area contributed by atoms with Gasteiger partial charge >= 0.3 is 6.18 Å². The molecule has 0 radical (unpaired) electrons. The lowest BCUT2D eigenvalue weighted by molar-refractivity contribution is -0.137. The lowest BCUT2D eigenvalue weighted by Gasteiger charge is -2.31. The number of hydrogen-bond acceptors (Lipinski definition) is 8. The molecule has 0 atom stereocenters. The Morgan fingerprint density at radius 2 is 1.84 bits per heavy atom. The number of nitrogens with one attached hydrogen (secondary N) is 3. The van der Waals surface area contributed by atoms with Crippen molar-refractivity contribution in [3.63, 3.8) is 0 Å². The number of rotatable bonds is 5. The second-order valence-electron chi connectivity index (χ2n) is 8.55. The number of carbonyl (C=O) groups excluding carboxylic acids is 1.